The first kappa shape index (κ1) is 21.5. The average Bonchev–Trinajstić information content (AvgIpc) is 2.77. The van der Waals surface area contributed by atoms with Gasteiger partial charge in [0.1, 0.15) is 12.7 Å². The van der Waals surface area contributed by atoms with E-state index < -0.39 is 6.10 Å². The molecule has 158 valence electrons. The summed E-state index contributed by atoms with van der Waals surface area (Å²) in [6.07, 6.45) is 4.07. The number of rotatable bonds is 11. The fourth-order valence-electron chi connectivity index (χ4n) is 3.27. The van der Waals surface area contributed by atoms with Crippen LogP contribution in [-0.4, -0.2) is 74.2 Å². The van der Waals surface area contributed by atoms with Crippen LogP contribution in [0.15, 0.2) is 42.7 Å². The number of aliphatic hydroxyl groups excluding tert-OH is 1. The Morgan fingerprint density at radius 1 is 1.21 bits per heavy atom. The minimum absolute atomic E-state index is 0.233. The van der Waals surface area contributed by atoms with Crippen LogP contribution in [0.4, 0.5) is 0 Å². The molecular weight excluding hydrogens is 370 g/mol. The highest BCUT2D eigenvalue weighted by Gasteiger charge is 2.16. The van der Waals surface area contributed by atoms with Crippen molar-refractivity contribution < 1.29 is 19.3 Å². The summed E-state index contributed by atoms with van der Waals surface area (Å²) in [6, 6.07) is 9.93. The highest BCUT2D eigenvalue weighted by Crippen LogP contribution is 2.28. The van der Waals surface area contributed by atoms with Gasteiger partial charge in [0, 0.05) is 38.6 Å². The van der Waals surface area contributed by atoms with Crippen LogP contribution in [0.2, 0.25) is 0 Å². The van der Waals surface area contributed by atoms with E-state index in [1.165, 1.54) is 5.56 Å². The summed E-state index contributed by atoms with van der Waals surface area (Å²) in [7, 11) is 1.63. The molecule has 1 atom stereocenters. The second kappa shape index (κ2) is 11.7. The normalized spacial score (nSPS) is 15.8. The molecule has 2 heterocycles. The molecule has 0 bridgehead atoms. The first-order valence-electron chi connectivity index (χ1n) is 10.1. The van der Waals surface area contributed by atoms with Gasteiger partial charge in [-0.3, -0.25) is 9.88 Å². The van der Waals surface area contributed by atoms with Crippen LogP contribution in [0.1, 0.15) is 11.1 Å². The Kier molecular flexibility index (Phi) is 8.70. The second-order valence-corrected chi connectivity index (χ2v) is 7.15. The van der Waals surface area contributed by atoms with Gasteiger partial charge in [0.15, 0.2) is 11.5 Å². The largest absolute Gasteiger partial charge is 0.493 e. The molecule has 0 unspecified atom stereocenters. The van der Waals surface area contributed by atoms with E-state index in [1.807, 2.05) is 30.5 Å². The Balaban J connectivity index is 1.42. The van der Waals surface area contributed by atoms with Gasteiger partial charge in [0.05, 0.1) is 20.3 Å². The van der Waals surface area contributed by atoms with Crippen LogP contribution in [0, 0.1) is 0 Å². The lowest BCUT2D eigenvalue weighted by molar-refractivity contribution is 0.00445. The Morgan fingerprint density at radius 2 is 2.07 bits per heavy atom. The van der Waals surface area contributed by atoms with Crippen LogP contribution >= 0.6 is 0 Å². The molecule has 0 spiro atoms. The molecular formula is C22H31N3O4. The summed E-state index contributed by atoms with van der Waals surface area (Å²) in [4.78, 5) is 6.32. The third-order valence-electron chi connectivity index (χ3n) is 4.87. The van der Waals surface area contributed by atoms with Crippen molar-refractivity contribution in [1.82, 2.24) is 15.2 Å². The third kappa shape index (κ3) is 7.29. The predicted octanol–water partition coefficient (Wildman–Crippen LogP) is 1.49. The monoisotopic (exact) mass is 401 g/mol. The number of aliphatic hydroxyl groups is 1. The number of nitrogens with zero attached hydrogens (tertiary/aromatic N) is 2. The number of pyridine rings is 1. The fourth-order valence-corrected chi connectivity index (χ4v) is 3.27. The lowest BCUT2D eigenvalue weighted by atomic mass is 10.2. The lowest BCUT2D eigenvalue weighted by Gasteiger charge is -2.28. The van der Waals surface area contributed by atoms with Crippen molar-refractivity contribution in [1.29, 1.82) is 0 Å². The van der Waals surface area contributed by atoms with E-state index in [2.05, 4.69) is 21.3 Å². The molecule has 0 aliphatic carbocycles. The van der Waals surface area contributed by atoms with Crippen LogP contribution in [0.25, 0.3) is 0 Å². The Bertz CT molecular complexity index is 723. The summed E-state index contributed by atoms with van der Waals surface area (Å²) in [5.41, 5.74) is 2.34. The number of hydrogen-bond acceptors (Lipinski definition) is 7. The summed E-state index contributed by atoms with van der Waals surface area (Å²) >= 11 is 0. The van der Waals surface area contributed by atoms with Crippen LogP contribution in [0.5, 0.6) is 11.5 Å². The van der Waals surface area contributed by atoms with Crippen molar-refractivity contribution in [2.75, 3.05) is 53.1 Å². The molecule has 0 amide bonds. The van der Waals surface area contributed by atoms with E-state index in [0.29, 0.717) is 18.0 Å². The zero-order valence-corrected chi connectivity index (χ0v) is 17.0. The fraction of sp³-hybridized carbons (Fsp3) is 0.500. The Labute approximate surface area is 172 Å². The van der Waals surface area contributed by atoms with E-state index in [9.17, 15) is 5.11 Å². The standard InChI is InChI=1S/C22H31N3O4/c1-27-22-13-19(15-24-8-6-18-3-2-7-23-14-18)4-5-21(22)29-17-20(26)16-25-9-11-28-12-10-25/h2-5,7,13-14,20,24,26H,6,8-12,15-17H2,1H3/t20-/m0/s1. The number of morpholine rings is 1. The molecule has 1 fully saturated rings. The van der Waals surface area contributed by atoms with Crippen molar-refractivity contribution in [3.63, 3.8) is 0 Å². The highest BCUT2D eigenvalue weighted by atomic mass is 16.5. The van der Waals surface area contributed by atoms with Gasteiger partial charge in [-0.1, -0.05) is 12.1 Å². The van der Waals surface area contributed by atoms with Crippen LogP contribution in [-0.2, 0) is 17.7 Å². The molecule has 29 heavy (non-hydrogen) atoms. The SMILES string of the molecule is COc1cc(CNCCc2cccnc2)ccc1OC[C@@H](O)CN1CCOCC1. The van der Waals surface area contributed by atoms with Crippen molar-refractivity contribution in [3.05, 3.63) is 53.9 Å². The van der Waals surface area contributed by atoms with E-state index in [4.69, 9.17) is 14.2 Å². The van der Waals surface area contributed by atoms with E-state index in [0.717, 1.165) is 51.4 Å². The quantitative estimate of drug-likeness (QED) is 0.553. The van der Waals surface area contributed by atoms with Gasteiger partial charge in [-0.15, -0.1) is 0 Å². The maximum Gasteiger partial charge on any atom is 0.161 e. The molecule has 1 aliphatic rings. The zero-order valence-electron chi connectivity index (χ0n) is 17.0. The van der Waals surface area contributed by atoms with Crippen molar-refractivity contribution in [2.45, 2.75) is 19.1 Å². The van der Waals surface area contributed by atoms with Gasteiger partial charge in [-0.25, -0.2) is 0 Å². The molecule has 0 radical (unpaired) electrons. The third-order valence-corrected chi connectivity index (χ3v) is 4.87. The van der Waals surface area contributed by atoms with Gasteiger partial charge >= 0.3 is 0 Å². The summed E-state index contributed by atoms with van der Waals surface area (Å²) < 4.78 is 16.6. The molecule has 2 aromatic rings. The maximum absolute atomic E-state index is 10.3. The Morgan fingerprint density at radius 3 is 2.83 bits per heavy atom. The summed E-state index contributed by atoms with van der Waals surface area (Å²) in [6.45, 7) is 5.58. The highest BCUT2D eigenvalue weighted by molar-refractivity contribution is 5.43. The van der Waals surface area contributed by atoms with Gasteiger partial charge < -0.3 is 24.6 Å². The topological polar surface area (TPSA) is 76.1 Å². The minimum Gasteiger partial charge on any atom is -0.493 e. The zero-order chi connectivity index (χ0) is 20.3. The molecule has 2 N–H and O–H groups in total. The molecule has 0 saturated carbocycles. The number of ether oxygens (including phenoxy) is 3. The van der Waals surface area contributed by atoms with E-state index in [-0.39, 0.29) is 6.61 Å². The first-order chi connectivity index (χ1) is 14.2. The predicted molar refractivity (Wildman–Crippen MR) is 111 cm³/mol. The van der Waals surface area contributed by atoms with Crippen molar-refractivity contribution in [3.8, 4) is 11.5 Å². The Hall–Kier alpha value is -2.19. The number of β-amino-alcohol motifs (C(OH)–C–C–N with tert-alkyl or cyclic N) is 1. The molecule has 7 nitrogen and oxygen atoms in total. The minimum atomic E-state index is -0.549. The van der Waals surface area contributed by atoms with Crippen molar-refractivity contribution >= 4 is 0 Å². The van der Waals surface area contributed by atoms with Gasteiger partial charge in [0.25, 0.3) is 0 Å². The number of nitrogens with one attached hydrogen (secondary N) is 1. The number of methoxy groups -OCH3 is 1. The van der Waals surface area contributed by atoms with Crippen molar-refractivity contribution in [2.24, 2.45) is 0 Å². The first-order valence-corrected chi connectivity index (χ1v) is 10.1. The summed E-state index contributed by atoms with van der Waals surface area (Å²) in [5, 5.41) is 13.7. The number of aromatic nitrogens is 1. The molecule has 1 saturated heterocycles. The van der Waals surface area contributed by atoms with E-state index in [1.54, 1.807) is 13.3 Å². The number of hydrogen-bond donors (Lipinski definition) is 2. The molecule has 1 aromatic heterocycles. The average molecular weight is 402 g/mol. The molecule has 1 aromatic carbocycles. The van der Waals surface area contributed by atoms with Gasteiger partial charge in [-0.2, -0.15) is 0 Å². The van der Waals surface area contributed by atoms with Crippen LogP contribution < -0.4 is 14.8 Å². The summed E-state index contributed by atoms with van der Waals surface area (Å²) in [5.74, 6) is 1.32. The smallest absolute Gasteiger partial charge is 0.161 e. The lowest BCUT2D eigenvalue weighted by Crippen LogP contribution is -2.42. The molecule has 3 rings (SSSR count). The van der Waals surface area contributed by atoms with Crippen LogP contribution in [0.3, 0.4) is 0 Å². The number of benzene rings is 1. The van der Waals surface area contributed by atoms with E-state index >= 15 is 0 Å². The second-order valence-electron chi connectivity index (χ2n) is 7.15. The van der Waals surface area contributed by atoms with Gasteiger partial charge in [0.2, 0.25) is 0 Å². The molecule has 1 aliphatic heterocycles. The van der Waals surface area contributed by atoms with Gasteiger partial charge in [-0.05, 0) is 42.3 Å². The molecule has 7 heteroatoms. The maximum atomic E-state index is 10.3.